The van der Waals surface area contributed by atoms with E-state index in [1.807, 2.05) is 0 Å². The number of hydrogen-bond acceptors (Lipinski definition) is 2. The van der Waals surface area contributed by atoms with Gasteiger partial charge in [-0.05, 0) is 36.4 Å². The highest BCUT2D eigenvalue weighted by Gasteiger charge is 2.30. The first kappa shape index (κ1) is 9.10. The molecular weight excluding hydrogens is 279 g/mol. The summed E-state index contributed by atoms with van der Waals surface area (Å²) in [6.45, 7) is -0.119. The average molecular weight is 301 g/mol. The van der Waals surface area contributed by atoms with Crippen LogP contribution in [0, 0.1) is 0 Å². The standard InChI is InChI=1S/C16H16F3NO/c17-16(18,19)13-6-8-14(9-7-13)21-15(10-11-20)12-4-2-1-3-5-12/h1-9,15H,10-11,20H2/i1D,2D,3D,4D,5D,15D. The Morgan fingerprint density at radius 1 is 1.14 bits per heavy atom. The summed E-state index contributed by atoms with van der Waals surface area (Å²) in [5.41, 5.74) is 4.15. The minimum absolute atomic E-state index is 0.119. The van der Waals surface area contributed by atoms with Gasteiger partial charge in [-0.3, -0.25) is 0 Å². The zero-order valence-corrected chi connectivity index (χ0v) is 10.8. The average Bonchev–Trinajstić information content (AvgIpc) is 2.58. The molecule has 1 atom stereocenters. The summed E-state index contributed by atoms with van der Waals surface area (Å²) in [6, 6.07) is 0.355. The van der Waals surface area contributed by atoms with Gasteiger partial charge in [0.2, 0.25) is 0 Å². The molecule has 2 nitrogen and oxygen atoms in total. The number of rotatable bonds is 5. The van der Waals surface area contributed by atoms with Crippen molar-refractivity contribution < 1.29 is 26.1 Å². The third kappa shape index (κ3) is 4.23. The topological polar surface area (TPSA) is 35.2 Å². The molecule has 0 aliphatic carbocycles. The molecule has 2 N–H and O–H groups in total. The molecule has 5 heteroatoms. The highest BCUT2D eigenvalue weighted by Crippen LogP contribution is 2.31. The van der Waals surface area contributed by atoms with Crippen molar-refractivity contribution in [2.24, 2.45) is 5.73 Å². The fourth-order valence-corrected chi connectivity index (χ4v) is 1.60. The smallest absolute Gasteiger partial charge is 0.416 e. The summed E-state index contributed by atoms with van der Waals surface area (Å²) in [7, 11) is 0. The lowest BCUT2D eigenvalue weighted by Crippen LogP contribution is -2.13. The summed E-state index contributed by atoms with van der Waals surface area (Å²) < 4.78 is 91.0. The maximum absolute atomic E-state index is 12.7. The number of hydrogen-bond donors (Lipinski definition) is 1. The molecular formula is C16H16F3NO. The minimum atomic E-state index is -4.54. The third-order valence-corrected chi connectivity index (χ3v) is 2.57. The predicted octanol–water partition coefficient (Wildman–Crippen LogP) is 4.17. The lowest BCUT2D eigenvalue weighted by atomic mass is 10.1. The predicted molar refractivity (Wildman–Crippen MR) is 74.9 cm³/mol. The highest BCUT2D eigenvalue weighted by atomic mass is 19.4. The fraction of sp³-hybridized carbons (Fsp3) is 0.250. The van der Waals surface area contributed by atoms with Crippen molar-refractivity contribution in [3.63, 3.8) is 0 Å². The SMILES string of the molecule is [2H]c1c([2H])c([2H])c(C([2H])(CCN)Oc2ccc(C(F)(F)F)cc2)c([2H])c1[2H]. The van der Waals surface area contributed by atoms with Gasteiger partial charge in [0.05, 0.1) is 13.8 Å². The van der Waals surface area contributed by atoms with Crippen LogP contribution in [0.1, 0.15) is 31.9 Å². The fourth-order valence-electron chi connectivity index (χ4n) is 1.60. The van der Waals surface area contributed by atoms with Gasteiger partial charge in [0.25, 0.3) is 0 Å². The Labute approximate surface area is 129 Å². The van der Waals surface area contributed by atoms with Gasteiger partial charge in [0, 0.05) is 6.42 Å². The van der Waals surface area contributed by atoms with Crippen LogP contribution in [0.5, 0.6) is 5.75 Å². The van der Waals surface area contributed by atoms with Crippen molar-refractivity contribution in [1.29, 1.82) is 0 Å². The van der Waals surface area contributed by atoms with Crippen LogP contribution < -0.4 is 10.5 Å². The first-order valence-corrected chi connectivity index (χ1v) is 6.06. The molecule has 2 aromatic rings. The normalized spacial score (nSPS) is 18.5. The molecule has 0 fully saturated rings. The van der Waals surface area contributed by atoms with E-state index in [9.17, 15) is 13.2 Å². The molecule has 1 unspecified atom stereocenters. The van der Waals surface area contributed by atoms with Gasteiger partial charge in [-0.15, -0.1) is 0 Å². The van der Waals surface area contributed by atoms with E-state index in [0.29, 0.717) is 0 Å². The van der Waals surface area contributed by atoms with E-state index in [1.54, 1.807) is 0 Å². The molecule has 112 valence electrons. The highest BCUT2D eigenvalue weighted by molar-refractivity contribution is 5.30. The van der Waals surface area contributed by atoms with E-state index in [-0.39, 0.29) is 18.7 Å². The van der Waals surface area contributed by atoms with Crippen LogP contribution in [0.25, 0.3) is 0 Å². The second kappa shape index (κ2) is 6.63. The van der Waals surface area contributed by atoms with Crippen LogP contribution in [0.2, 0.25) is 0 Å². The number of halogens is 3. The monoisotopic (exact) mass is 301 g/mol. The maximum Gasteiger partial charge on any atom is 0.416 e. The number of alkyl halides is 3. The van der Waals surface area contributed by atoms with Crippen molar-refractivity contribution in [3.8, 4) is 5.75 Å². The lowest BCUT2D eigenvalue weighted by molar-refractivity contribution is -0.137. The van der Waals surface area contributed by atoms with Gasteiger partial charge < -0.3 is 10.5 Å². The van der Waals surface area contributed by atoms with Crippen LogP contribution in [-0.2, 0) is 6.18 Å². The Morgan fingerprint density at radius 3 is 2.29 bits per heavy atom. The molecule has 0 amide bonds. The Bertz CT molecular complexity index is 815. The first-order valence-electron chi connectivity index (χ1n) is 9.06. The number of nitrogens with two attached hydrogens (primary N) is 1. The van der Waals surface area contributed by atoms with E-state index in [0.717, 1.165) is 24.3 Å². The summed E-state index contributed by atoms with van der Waals surface area (Å²) in [4.78, 5) is 0. The molecule has 0 saturated heterocycles. The first-order chi connectivity index (χ1) is 12.4. The minimum Gasteiger partial charge on any atom is -0.486 e. The summed E-state index contributed by atoms with van der Waals surface area (Å²) in [5.74, 6) is -0.127. The molecule has 2 aromatic carbocycles. The molecule has 21 heavy (non-hydrogen) atoms. The van der Waals surface area contributed by atoms with Crippen LogP contribution in [0.4, 0.5) is 13.2 Å². The van der Waals surface area contributed by atoms with Gasteiger partial charge in [-0.2, -0.15) is 13.2 Å². The maximum atomic E-state index is 12.7. The molecule has 0 aliphatic rings. The third-order valence-electron chi connectivity index (χ3n) is 2.57. The van der Waals surface area contributed by atoms with Crippen molar-refractivity contribution in [2.75, 3.05) is 6.54 Å². The Kier molecular flexibility index (Phi) is 2.87. The molecule has 0 spiro atoms. The molecule has 0 aliphatic heterocycles. The van der Waals surface area contributed by atoms with Crippen LogP contribution in [-0.4, -0.2) is 6.54 Å². The van der Waals surface area contributed by atoms with E-state index in [4.69, 9.17) is 18.7 Å². The molecule has 0 bridgehead atoms. The van der Waals surface area contributed by atoms with Gasteiger partial charge >= 0.3 is 6.18 Å². The largest absolute Gasteiger partial charge is 0.486 e. The lowest BCUT2D eigenvalue weighted by Gasteiger charge is -2.19. The van der Waals surface area contributed by atoms with Gasteiger partial charge in [0.1, 0.15) is 11.8 Å². The van der Waals surface area contributed by atoms with Crippen molar-refractivity contribution >= 4 is 0 Å². The summed E-state index contributed by atoms with van der Waals surface area (Å²) in [6.07, 6.45) is -6.97. The second-order valence-electron chi connectivity index (χ2n) is 4.09. The molecule has 0 heterocycles. The van der Waals surface area contributed by atoms with Gasteiger partial charge in [-0.25, -0.2) is 0 Å². The van der Waals surface area contributed by atoms with Crippen LogP contribution in [0.3, 0.4) is 0 Å². The molecule has 2 rings (SSSR count). The van der Waals surface area contributed by atoms with Crippen LogP contribution >= 0.6 is 0 Å². The van der Waals surface area contributed by atoms with Crippen molar-refractivity contribution in [3.05, 3.63) is 65.6 Å². The van der Waals surface area contributed by atoms with Crippen molar-refractivity contribution in [2.45, 2.75) is 18.7 Å². The summed E-state index contributed by atoms with van der Waals surface area (Å²) >= 11 is 0. The van der Waals surface area contributed by atoms with Crippen molar-refractivity contribution in [1.82, 2.24) is 0 Å². The van der Waals surface area contributed by atoms with E-state index in [2.05, 4.69) is 0 Å². The Balaban J connectivity index is 2.53. The molecule has 0 radical (unpaired) electrons. The number of benzene rings is 2. The zero-order valence-electron chi connectivity index (χ0n) is 16.8. The Morgan fingerprint density at radius 2 is 1.76 bits per heavy atom. The van der Waals surface area contributed by atoms with Gasteiger partial charge in [-0.1, -0.05) is 30.2 Å². The van der Waals surface area contributed by atoms with Crippen LogP contribution in [0.15, 0.2) is 54.5 Å². The molecule has 0 saturated carbocycles. The Hall–Kier alpha value is -2.01. The quantitative estimate of drug-likeness (QED) is 0.899. The summed E-state index contributed by atoms with van der Waals surface area (Å²) in [5, 5.41) is 0. The zero-order chi connectivity index (χ0) is 20.6. The number of ether oxygens (including phenoxy) is 1. The van der Waals surface area contributed by atoms with E-state index < -0.39 is 53.6 Å². The van der Waals surface area contributed by atoms with Gasteiger partial charge in [0.15, 0.2) is 0 Å². The van der Waals surface area contributed by atoms with E-state index >= 15 is 0 Å². The molecule has 0 aromatic heterocycles. The second-order valence-corrected chi connectivity index (χ2v) is 4.09. The van der Waals surface area contributed by atoms with E-state index in [1.165, 1.54) is 0 Å².